The van der Waals surface area contributed by atoms with Crippen LogP contribution in [-0.2, 0) is 6.54 Å². The minimum absolute atomic E-state index is 0.0387. The molecule has 0 atom stereocenters. The van der Waals surface area contributed by atoms with Gasteiger partial charge in [0.05, 0.1) is 28.4 Å². The van der Waals surface area contributed by atoms with E-state index >= 15 is 0 Å². The molecule has 0 aliphatic carbocycles. The van der Waals surface area contributed by atoms with E-state index in [-0.39, 0.29) is 5.91 Å². The number of pyridine rings is 2. The van der Waals surface area contributed by atoms with Crippen LogP contribution in [0.15, 0.2) is 79.1 Å². The molecule has 4 aromatic rings. The van der Waals surface area contributed by atoms with E-state index in [0.29, 0.717) is 24.2 Å². The average molecular weight is 434 g/mol. The van der Waals surface area contributed by atoms with Gasteiger partial charge >= 0.3 is 0 Å². The van der Waals surface area contributed by atoms with Crippen molar-refractivity contribution >= 4 is 16.8 Å². The molecule has 1 fully saturated rings. The van der Waals surface area contributed by atoms with E-state index in [1.807, 2.05) is 71.6 Å². The molecule has 2 aromatic heterocycles. The molecule has 33 heavy (non-hydrogen) atoms. The van der Waals surface area contributed by atoms with Gasteiger partial charge in [-0.05, 0) is 42.0 Å². The number of benzene rings is 2. The predicted molar refractivity (Wildman–Crippen MR) is 127 cm³/mol. The van der Waals surface area contributed by atoms with Gasteiger partial charge in [0.1, 0.15) is 0 Å². The number of hydrogen-bond donors (Lipinski definition) is 0. The van der Waals surface area contributed by atoms with Gasteiger partial charge in [-0.25, -0.2) is 4.98 Å². The van der Waals surface area contributed by atoms with E-state index in [1.54, 1.807) is 12.4 Å². The Hall–Kier alpha value is -4.08. The summed E-state index contributed by atoms with van der Waals surface area (Å²) < 4.78 is 0. The third kappa shape index (κ3) is 4.45. The summed E-state index contributed by atoms with van der Waals surface area (Å²) in [5.74, 6) is 0.0387. The molecule has 6 nitrogen and oxygen atoms in total. The molecule has 1 saturated heterocycles. The number of aromatic nitrogens is 2. The van der Waals surface area contributed by atoms with E-state index in [2.05, 4.69) is 16.0 Å². The van der Waals surface area contributed by atoms with Crippen LogP contribution in [0.5, 0.6) is 0 Å². The summed E-state index contributed by atoms with van der Waals surface area (Å²) in [6.07, 6.45) is 3.50. The lowest BCUT2D eigenvalue weighted by atomic mass is 10.0. The van der Waals surface area contributed by atoms with Gasteiger partial charge < -0.3 is 4.90 Å². The molecule has 0 N–H and O–H groups in total. The number of fused-ring (bicyclic) bond motifs is 1. The highest BCUT2D eigenvalue weighted by Gasteiger charge is 2.24. The minimum Gasteiger partial charge on any atom is -0.336 e. The molecule has 162 valence electrons. The van der Waals surface area contributed by atoms with Crippen molar-refractivity contribution < 1.29 is 4.79 Å². The van der Waals surface area contributed by atoms with E-state index in [4.69, 9.17) is 10.2 Å². The molecular weight excluding hydrogens is 410 g/mol. The molecule has 5 rings (SSSR count). The fourth-order valence-electron chi connectivity index (χ4n) is 4.24. The fraction of sp³-hybridized carbons (Fsp3) is 0.185. The number of carbonyl (C=O) groups excluding carboxylic acids is 1. The summed E-state index contributed by atoms with van der Waals surface area (Å²) in [6.45, 7) is 3.79. The summed E-state index contributed by atoms with van der Waals surface area (Å²) in [5, 5.41) is 9.84. The molecule has 0 spiro atoms. The third-order valence-corrected chi connectivity index (χ3v) is 6.05. The van der Waals surface area contributed by atoms with Crippen LogP contribution in [0.3, 0.4) is 0 Å². The zero-order valence-electron chi connectivity index (χ0n) is 18.2. The highest BCUT2D eigenvalue weighted by atomic mass is 16.2. The molecule has 0 unspecified atom stereocenters. The molecule has 6 heteroatoms. The first-order valence-corrected chi connectivity index (χ1v) is 11.0. The number of hydrogen-bond acceptors (Lipinski definition) is 5. The van der Waals surface area contributed by atoms with E-state index in [0.717, 1.165) is 41.8 Å². The number of piperazine rings is 1. The molecular formula is C27H23N5O. The van der Waals surface area contributed by atoms with Crippen LogP contribution >= 0.6 is 0 Å². The molecule has 1 amide bonds. The summed E-state index contributed by atoms with van der Waals surface area (Å²) in [6, 6.07) is 23.4. The lowest BCUT2D eigenvalue weighted by Gasteiger charge is -2.35. The fourth-order valence-corrected chi connectivity index (χ4v) is 4.24. The van der Waals surface area contributed by atoms with Crippen molar-refractivity contribution in [3.8, 4) is 17.3 Å². The number of amides is 1. The smallest absolute Gasteiger partial charge is 0.254 e. The maximum Gasteiger partial charge on any atom is 0.254 e. The van der Waals surface area contributed by atoms with Gasteiger partial charge in [0.25, 0.3) is 5.91 Å². The highest BCUT2D eigenvalue weighted by Crippen LogP contribution is 2.26. The summed E-state index contributed by atoms with van der Waals surface area (Å²) >= 11 is 0. The lowest BCUT2D eigenvalue weighted by molar-refractivity contribution is 0.0630. The normalized spacial score (nSPS) is 14.2. The van der Waals surface area contributed by atoms with Gasteiger partial charge in [-0.3, -0.25) is 14.7 Å². The quantitative estimate of drug-likeness (QED) is 0.484. The van der Waals surface area contributed by atoms with E-state index in [1.165, 1.54) is 5.56 Å². The summed E-state index contributed by atoms with van der Waals surface area (Å²) in [7, 11) is 0. The molecule has 1 aliphatic rings. The number of carbonyl (C=O) groups is 1. The molecule has 3 heterocycles. The number of para-hydroxylation sites is 1. The molecule has 0 saturated carbocycles. The maximum atomic E-state index is 13.6. The lowest BCUT2D eigenvalue weighted by Crippen LogP contribution is -2.48. The minimum atomic E-state index is 0.0387. The average Bonchev–Trinajstić information content (AvgIpc) is 2.89. The Morgan fingerprint density at radius 1 is 0.970 bits per heavy atom. The Kier molecular flexibility index (Phi) is 5.79. The Morgan fingerprint density at radius 3 is 2.48 bits per heavy atom. The second kappa shape index (κ2) is 9.19. The van der Waals surface area contributed by atoms with E-state index in [9.17, 15) is 4.79 Å². The van der Waals surface area contributed by atoms with Crippen LogP contribution in [0.1, 0.15) is 21.5 Å². The van der Waals surface area contributed by atoms with Crippen molar-refractivity contribution in [1.29, 1.82) is 5.26 Å². The zero-order chi connectivity index (χ0) is 22.6. The van der Waals surface area contributed by atoms with Crippen LogP contribution in [0.2, 0.25) is 0 Å². The van der Waals surface area contributed by atoms with Gasteiger partial charge in [-0.2, -0.15) is 5.26 Å². The van der Waals surface area contributed by atoms with Crippen molar-refractivity contribution in [3.63, 3.8) is 0 Å². The van der Waals surface area contributed by atoms with Gasteiger partial charge in [0.15, 0.2) is 0 Å². The second-order valence-electron chi connectivity index (χ2n) is 8.19. The topological polar surface area (TPSA) is 73.1 Å². The molecule has 0 radical (unpaired) electrons. The monoisotopic (exact) mass is 433 g/mol. The van der Waals surface area contributed by atoms with Crippen LogP contribution in [0.4, 0.5) is 0 Å². The van der Waals surface area contributed by atoms with Gasteiger partial charge in [-0.15, -0.1) is 0 Å². The van der Waals surface area contributed by atoms with Crippen molar-refractivity contribution in [2.75, 3.05) is 26.2 Å². The molecule has 2 aromatic carbocycles. The third-order valence-electron chi connectivity index (χ3n) is 6.05. The van der Waals surface area contributed by atoms with Crippen LogP contribution in [0.25, 0.3) is 22.2 Å². The SMILES string of the molecule is N#Cc1ccc(CN2CCN(C(=O)c3cc(-c4cccnc4)nc4ccccc34)CC2)cc1. The van der Waals surface area contributed by atoms with Gasteiger partial charge in [-0.1, -0.05) is 30.3 Å². The van der Waals surface area contributed by atoms with Crippen molar-refractivity contribution in [2.24, 2.45) is 0 Å². The summed E-state index contributed by atoms with van der Waals surface area (Å²) in [4.78, 5) is 26.8. The first kappa shape index (κ1) is 20.8. The largest absolute Gasteiger partial charge is 0.336 e. The first-order valence-electron chi connectivity index (χ1n) is 11.0. The van der Waals surface area contributed by atoms with Crippen LogP contribution < -0.4 is 0 Å². The summed E-state index contributed by atoms with van der Waals surface area (Å²) in [5.41, 5.74) is 4.98. The Labute approximate surface area is 192 Å². The number of rotatable bonds is 4. The highest BCUT2D eigenvalue weighted by molar-refractivity contribution is 6.07. The molecule has 1 aliphatic heterocycles. The Morgan fingerprint density at radius 2 is 1.76 bits per heavy atom. The Balaban J connectivity index is 1.34. The maximum absolute atomic E-state index is 13.6. The molecule has 0 bridgehead atoms. The van der Waals surface area contributed by atoms with Crippen LogP contribution in [0, 0.1) is 11.3 Å². The zero-order valence-corrected chi connectivity index (χ0v) is 18.2. The van der Waals surface area contributed by atoms with Crippen LogP contribution in [-0.4, -0.2) is 51.9 Å². The van der Waals surface area contributed by atoms with E-state index < -0.39 is 0 Å². The Bertz CT molecular complexity index is 1320. The number of nitrogens with zero attached hydrogens (tertiary/aromatic N) is 5. The second-order valence-corrected chi connectivity index (χ2v) is 8.19. The van der Waals surface area contributed by atoms with Crippen molar-refractivity contribution in [2.45, 2.75) is 6.54 Å². The van der Waals surface area contributed by atoms with Gasteiger partial charge in [0, 0.05) is 56.1 Å². The van der Waals surface area contributed by atoms with Crippen molar-refractivity contribution in [3.05, 3.63) is 95.8 Å². The standard InChI is InChI=1S/C27H23N5O/c28-17-20-7-9-21(10-8-20)19-31-12-14-32(15-13-31)27(33)24-16-26(22-4-3-11-29-18-22)30-25-6-2-1-5-23(24)25/h1-11,16,18H,12-15,19H2. The predicted octanol–water partition coefficient (Wildman–Crippen LogP) is 4.13. The number of nitriles is 1. The van der Waals surface area contributed by atoms with Gasteiger partial charge in [0.2, 0.25) is 0 Å². The first-order chi connectivity index (χ1) is 16.2. The van der Waals surface area contributed by atoms with Crippen molar-refractivity contribution in [1.82, 2.24) is 19.8 Å².